The normalized spacial score (nSPS) is 12.3. The lowest BCUT2D eigenvalue weighted by Crippen LogP contribution is -3.14. The molecule has 1 aliphatic carbocycles. The van der Waals surface area contributed by atoms with Gasteiger partial charge in [0, 0.05) is 0 Å². The Hall–Kier alpha value is -1.32. The molecule has 0 saturated carbocycles. The maximum Gasteiger partial charge on any atom is 0.127 e. The average Bonchev–Trinajstić information content (AvgIpc) is 2.82. The Bertz CT molecular complexity index is 674. The molecule has 0 atom stereocenters. The molecule has 0 amide bonds. The molecule has 0 saturated heterocycles. The van der Waals surface area contributed by atoms with Gasteiger partial charge in [0.1, 0.15) is 13.1 Å². The zero-order valence-corrected chi connectivity index (χ0v) is 18.0. The van der Waals surface area contributed by atoms with Crippen molar-refractivity contribution in [2.24, 2.45) is 0 Å². The van der Waals surface area contributed by atoms with Gasteiger partial charge in [0.25, 0.3) is 0 Å². The van der Waals surface area contributed by atoms with E-state index in [2.05, 4.69) is 73.8 Å². The van der Waals surface area contributed by atoms with Gasteiger partial charge in [0.2, 0.25) is 0 Å². The highest BCUT2D eigenvalue weighted by Crippen LogP contribution is 2.32. The lowest BCUT2D eigenvalue weighted by Gasteiger charge is -2.14. The Kier molecular flexibility index (Phi) is 10.7. The van der Waals surface area contributed by atoms with Gasteiger partial charge in [-0.05, 0) is 60.6 Å². The van der Waals surface area contributed by atoms with Gasteiger partial charge in [0.05, 0.1) is 19.6 Å². The SMILES string of the molecule is CC[NH+](CC)CC[NH2+]CC=C1c2ccccc2CCc2ccccc21.[Cl-].[Cl-]. The molecule has 2 aromatic rings. The molecule has 2 aromatic carbocycles. The standard InChI is InChI=1S/C23H30N2.2ClH/c1-3-25(4-2)18-17-24-16-15-23-21-11-7-5-9-19(21)13-14-20-10-6-8-12-22(20)23;;/h5-12,15,24H,3-4,13-14,16-18H2,1-2H3;2*1H. The van der Waals surface area contributed by atoms with E-state index in [1.54, 1.807) is 4.90 Å². The van der Waals surface area contributed by atoms with E-state index < -0.39 is 0 Å². The molecule has 4 heteroatoms. The van der Waals surface area contributed by atoms with Gasteiger partial charge in [-0.25, -0.2) is 0 Å². The molecule has 0 fully saturated rings. The van der Waals surface area contributed by atoms with Crippen LogP contribution < -0.4 is 35.0 Å². The predicted octanol–water partition coefficient (Wildman–Crippen LogP) is -4.29. The van der Waals surface area contributed by atoms with Crippen LogP contribution in [0.25, 0.3) is 5.57 Å². The van der Waals surface area contributed by atoms with Gasteiger partial charge >= 0.3 is 0 Å². The maximum atomic E-state index is 2.45. The Morgan fingerprint density at radius 1 is 0.852 bits per heavy atom. The van der Waals surface area contributed by atoms with Crippen molar-refractivity contribution in [2.75, 3.05) is 32.7 Å². The van der Waals surface area contributed by atoms with Crippen LogP contribution in [0.5, 0.6) is 0 Å². The smallest absolute Gasteiger partial charge is 0.127 e. The molecule has 0 heterocycles. The molecule has 0 aliphatic heterocycles. The van der Waals surface area contributed by atoms with Crippen molar-refractivity contribution in [1.82, 2.24) is 0 Å². The van der Waals surface area contributed by atoms with Crippen molar-refractivity contribution in [3.63, 3.8) is 0 Å². The number of quaternary nitrogens is 2. The summed E-state index contributed by atoms with van der Waals surface area (Å²) >= 11 is 0. The van der Waals surface area contributed by atoms with Crippen LogP contribution >= 0.6 is 0 Å². The topological polar surface area (TPSA) is 21.1 Å². The third kappa shape index (κ3) is 6.08. The van der Waals surface area contributed by atoms with Crippen LogP contribution in [0.1, 0.15) is 36.1 Å². The molecule has 148 valence electrons. The van der Waals surface area contributed by atoms with Crippen LogP contribution in [0.15, 0.2) is 54.6 Å². The minimum Gasteiger partial charge on any atom is -1.00 e. The molecule has 3 N–H and O–H groups in total. The first-order valence-corrected chi connectivity index (χ1v) is 9.85. The van der Waals surface area contributed by atoms with E-state index in [0.717, 1.165) is 19.4 Å². The van der Waals surface area contributed by atoms with E-state index in [1.165, 1.54) is 54.0 Å². The van der Waals surface area contributed by atoms with Crippen LogP contribution in [-0.2, 0) is 12.8 Å². The first kappa shape index (κ1) is 23.7. The lowest BCUT2D eigenvalue weighted by atomic mass is 9.94. The second kappa shape index (κ2) is 12.2. The fraction of sp³-hybridized carbons (Fsp3) is 0.391. The number of nitrogens with two attached hydrogens (primary N) is 1. The summed E-state index contributed by atoms with van der Waals surface area (Å²) in [6.45, 7) is 10.5. The fourth-order valence-electron chi connectivity index (χ4n) is 3.87. The quantitative estimate of drug-likeness (QED) is 0.434. The highest BCUT2D eigenvalue weighted by Gasteiger charge is 2.17. The van der Waals surface area contributed by atoms with Crippen LogP contribution in [0.3, 0.4) is 0 Å². The molecular weight excluding hydrogens is 375 g/mol. The van der Waals surface area contributed by atoms with E-state index in [1.807, 2.05) is 0 Å². The van der Waals surface area contributed by atoms with Crippen LogP contribution in [0.4, 0.5) is 0 Å². The summed E-state index contributed by atoms with van der Waals surface area (Å²) in [4.78, 5) is 1.69. The van der Waals surface area contributed by atoms with E-state index >= 15 is 0 Å². The van der Waals surface area contributed by atoms with Crippen LogP contribution in [-0.4, -0.2) is 32.7 Å². The fourth-order valence-corrected chi connectivity index (χ4v) is 3.87. The Morgan fingerprint density at radius 2 is 1.37 bits per heavy atom. The van der Waals surface area contributed by atoms with E-state index in [0.29, 0.717) is 0 Å². The van der Waals surface area contributed by atoms with Crippen molar-refractivity contribution in [3.8, 4) is 0 Å². The summed E-state index contributed by atoms with van der Waals surface area (Å²) in [5.41, 5.74) is 7.25. The molecule has 1 aliphatic rings. The predicted molar refractivity (Wildman–Crippen MR) is 106 cm³/mol. The average molecular weight is 407 g/mol. The molecule has 0 bridgehead atoms. The minimum absolute atomic E-state index is 0. The number of rotatable bonds is 7. The number of hydrogen-bond acceptors (Lipinski definition) is 0. The molecule has 3 rings (SSSR count). The van der Waals surface area contributed by atoms with Gasteiger partial charge < -0.3 is 35.0 Å². The highest BCUT2D eigenvalue weighted by molar-refractivity contribution is 5.83. The number of halogens is 2. The third-order valence-corrected chi connectivity index (χ3v) is 5.47. The second-order valence-corrected chi connectivity index (χ2v) is 6.95. The van der Waals surface area contributed by atoms with Gasteiger partial charge in [0.15, 0.2) is 0 Å². The summed E-state index contributed by atoms with van der Waals surface area (Å²) in [6, 6.07) is 17.9. The van der Waals surface area contributed by atoms with Gasteiger partial charge in [-0.2, -0.15) is 0 Å². The van der Waals surface area contributed by atoms with E-state index in [9.17, 15) is 0 Å². The number of likely N-dealkylation sites (N-methyl/N-ethyl adjacent to an activating group) is 1. The highest BCUT2D eigenvalue weighted by atomic mass is 35.5. The van der Waals surface area contributed by atoms with E-state index in [-0.39, 0.29) is 24.8 Å². The number of nitrogens with one attached hydrogen (secondary N) is 1. The monoisotopic (exact) mass is 406 g/mol. The zero-order chi connectivity index (χ0) is 17.5. The number of hydrogen-bond donors (Lipinski definition) is 2. The van der Waals surface area contributed by atoms with Gasteiger partial charge in [-0.15, -0.1) is 0 Å². The number of fused-ring (bicyclic) bond motifs is 2. The second-order valence-electron chi connectivity index (χ2n) is 6.95. The first-order chi connectivity index (χ1) is 12.3. The summed E-state index contributed by atoms with van der Waals surface area (Å²) in [5, 5.41) is 2.45. The molecule has 0 spiro atoms. The molecule has 0 unspecified atom stereocenters. The van der Waals surface area contributed by atoms with Crippen molar-refractivity contribution in [3.05, 3.63) is 76.9 Å². The summed E-state index contributed by atoms with van der Waals surface area (Å²) < 4.78 is 0. The summed E-state index contributed by atoms with van der Waals surface area (Å²) in [6.07, 6.45) is 4.72. The number of aryl methyl sites for hydroxylation is 2. The Balaban J connectivity index is 0.00000182. The van der Waals surface area contributed by atoms with E-state index in [4.69, 9.17) is 0 Å². The van der Waals surface area contributed by atoms with Crippen molar-refractivity contribution in [1.29, 1.82) is 0 Å². The van der Waals surface area contributed by atoms with Crippen molar-refractivity contribution < 1.29 is 35.0 Å². The van der Waals surface area contributed by atoms with Crippen molar-refractivity contribution in [2.45, 2.75) is 26.7 Å². The summed E-state index contributed by atoms with van der Waals surface area (Å²) in [5.74, 6) is 0. The largest absolute Gasteiger partial charge is 1.00 e. The number of benzene rings is 2. The summed E-state index contributed by atoms with van der Waals surface area (Å²) in [7, 11) is 0. The van der Waals surface area contributed by atoms with Crippen molar-refractivity contribution >= 4 is 5.57 Å². The van der Waals surface area contributed by atoms with Crippen LogP contribution in [0, 0.1) is 0 Å². The molecule has 0 aromatic heterocycles. The Labute approximate surface area is 176 Å². The Morgan fingerprint density at radius 3 is 1.89 bits per heavy atom. The zero-order valence-electron chi connectivity index (χ0n) is 16.5. The molecular formula is C23H32Cl2N2. The van der Waals surface area contributed by atoms with Gasteiger partial charge in [-0.1, -0.05) is 48.5 Å². The molecule has 27 heavy (non-hydrogen) atoms. The lowest BCUT2D eigenvalue weighted by molar-refractivity contribution is -0.908. The van der Waals surface area contributed by atoms with Gasteiger partial charge in [-0.3, -0.25) is 0 Å². The third-order valence-electron chi connectivity index (χ3n) is 5.47. The van der Waals surface area contributed by atoms with Crippen LogP contribution in [0.2, 0.25) is 0 Å². The first-order valence-electron chi connectivity index (χ1n) is 9.85. The minimum atomic E-state index is 0. The maximum absolute atomic E-state index is 2.45. The molecule has 0 radical (unpaired) electrons. The molecule has 2 nitrogen and oxygen atoms in total.